The molecule has 0 aromatic heterocycles. The Morgan fingerprint density at radius 3 is 2.17 bits per heavy atom. The molecule has 184 valence electrons. The number of carbonyl (C=O) groups is 1. The first-order chi connectivity index (χ1) is 16.7. The van der Waals surface area contributed by atoms with Crippen molar-refractivity contribution in [1.29, 1.82) is 10.8 Å². The summed E-state index contributed by atoms with van der Waals surface area (Å²) in [6.07, 6.45) is 2.39. The summed E-state index contributed by atoms with van der Waals surface area (Å²) in [5, 5.41) is 17.6. The number of nitrogens with one attached hydrogen (secondary N) is 3. The zero-order valence-electron chi connectivity index (χ0n) is 19.2. The molecular weight excluding hydrogens is 454 g/mol. The average molecular weight is 483 g/mol. The molecule has 0 unspecified atom stereocenters. The summed E-state index contributed by atoms with van der Waals surface area (Å²) < 4.78 is 29.6. The Bertz CT molecular complexity index is 1190. The van der Waals surface area contributed by atoms with Crippen LogP contribution in [-0.4, -0.2) is 66.9 Å². The minimum absolute atomic E-state index is 0.00305. The van der Waals surface area contributed by atoms with E-state index in [0.717, 1.165) is 5.57 Å². The van der Waals surface area contributed by atoms with E-state index in [1.165, 1.54) is 18.2 Å². The number of benzene rings is 2. The van der Waals surface area contributed by atoms with E-state index >= 15 is 0 Å². The third-order valence-corrected chi connectivity index (χ3v) is 6.29. The molecule has 11 heteroatoms. The number of halogens is 2. The largest absolute Gasteiger partial charge is 0.370 e. The molecule has 1 amide bonds. The van der Waals surface area contributed by atoms with Crippen LogP contribution in [0.25, 0.3) is 5.57 Å². The standard InChI is InChI=1S/C24H28F2N8O/c25-19-14-17(2-3-18(19)15-5-7-33(8-6-15)23(27)28)31-22(35)16-1-4-21(20(26)13-16)32-9-11-34(12-10-32)24(29)30/h1-5,13-14H,6-12H2,(H3,27,28)(H3,29,30)(H,31,35). The monoisotopic (exact) mass is 482 g/mol. The van der Waals surface area contributed by atoms with Crippen molar-refractivity contribution in [1.82, 2.24) is 9.80 Å². The molecule has 0 saturated carbocycles. The van der Waals surface area contributed by atoms with Crippen LogP contribution in [-0.2, 0) is 0 Å². The van der Waals surface area contributed by atoms with Crippen molar-refractivity contribution in [3.63, 3.8) is 0 Å². The van der Waals surface area contributed by atoms with E-state index in [1.54, 1.807) is 28.0 Å². The first-order valence-corrected chi connectivity index (χ1v) is 11.3. The van der Waals surface area contributed by atoms with Crippen molar-refractivity contribution >= 4 is 34.8 Å². The lowest BCUT2D eigenvalue weighted by molar-refractivity contribution is 0.102. The highest BCUT2D eigenvalue weighted by molar-refractivity contribution is 6.04. The molecule has 7 N–H and O–H groups in total. The summed E-state index contributed by atoms with van der Waals surface area (Å²) in [6, 6.07) is 8.70. The minimum atomic E-state index is -0.544. The topological polar surface area (TPSA) is 139 Å². The predicted molar refractivity (Wildman–Crippen MR) is 133 cm³/mol. The Morgan fingerprint density at radius 2 is 1.60 bits per heavy atom. The van der Waals surface area contributed by atoms with Gasteiger partial charge in [-0.2, -0.15) is 0 Å². The number of guanidine groups is 2. The normalized spacial score (nSPS) is 16.1. The molecule has 35 heavy (non-hydrogen) atoms. The lowest BCUT2D eigenvalue weighted by Crippen LogP contribution is -2.51. The van der Waals surface area contributed by atoms with Gasteiger partial charge in [-0.25, -0.2) is 8.78 Å². The fourth-order valence-corrected chi connectivity index (χ4v) is 4.28. The van der Waals surface area contributed by atoms with Gasteiger partial charge in [-0.1, -0.05) is 6.08 Å². The summed E-state index contributed by atoms with van der Waals surface area (Å²) in [4.78, 5) is 17.9. The van der Waals surface area contributed by atoms with Crippen LogP contribution in [0.15, 0.2) is 42.5 Å². The molecule has 9 nitrogen and oxygen atoms in total. The number of nitrogens with two attached hydrogens (primary N) is 2. The van der Waals surface area contributed by atoms with Gasteiger partial charge in [-0.3, -0.25) is 15.6 Å². The zero-order valence-corrected chi connectivity index (χ0v) is 19.2. The Kier molecular flexibility index (Phi) is 6.85. The molecular formula is C24H28F2N8O. The van der Waals surface area contributed by atoms with Gasteiger partial charge in [0.15, 0.2) is 11.9 Å². The molecule has 0 bridgehead atoms. The van der Waals surface area contributed by atoms with E-state index in [2.05, 4.69) is 5.32 Å². The fourth-order valence-electron chi connectivity index (χ4n) is 4.28. The second-order valence-electron chi connectivity index (χ2n) is 8.48. The van der Waals surface area contributed by atoms with Crippen molar-refractivity contribution in [2.45, 2.75) is 6.42 Å². The molecule has 2 aromatic rings. The number of rotatable bonds is 4. The molecule has 0 aliphatic carbocycles. The molecule has 1 fully saturated rings. The van der Waals surface area contributed by atoms with Crippen molar-refractivity contribution in [3.05, 3.63) is 65.2 Å². The molecule has 2 aliphatic heterocycles. The van der Waals surface area contributed by atoms with Crippen LogP contribution in [0, 0.1) is 22.5 Å². The van der Waals surface area contributed by atoms with Crippen LogP contribution in [0.2, 0.25) is 0 Å². The van der Waals surface area contributed by atoms with Gasteiger partial charge in [0.2, 0.25) is 0 Å². The van der Waals surface area contributed by atoms with E-state index in [1.807, 2.05) is 11.0 Å². The first-order valence-electron chi connectivity index (χ1n) is 11.3. The highest BCUT2D eigenvalue weighted by atomic mass is 19.1. The van der Waals surface area contributed by atoms with Gasteiger partial charge >= 0.3 is 0 Å². The average Bonchev–Trinajstić information content (AvgIpc) is 2.84. The van der Waals surface area contributed by atoms with Crippen LogP contribution in [0.1, 0.15) is 22.3 Å². The molecule has 4 rings (SSSR count). The zero-order chi connectivity index (χ0) is 25.1. The minimum Gasteiger partial charge on any atom is -0.370 e. The maximum atomic E-state index is 14.8. The summed E-state index contributed by atoms with van der Waals surface area (Å²) in [6.45, 7) is 3.03. The quantitative estimate of drug-likeness (QED) is 0.335. The smallest absolute Gasteiger partial charge is 0.255 e. The fraction of sp³-hybridized carbons (Fsp3) is 0.292. The number of piperazine rings is 1. The maximum absolute atomic E-state index is 14.8. The Balaban J connectivity index is 1.41. The maximum Gasteiger partial charge on any atom is 0.255 e. The third-order valence-electron chi connectivity index (χ3n) is 6.29. The lowest BCUT2D eigenvalue weighted by atomic mass is 9.98. The highest BCUT2D eigenvalue weighted by Crippen LogP contribution is 2.27. The van der Waals surface area contributed by atoms with Gasteiger partial charge in [-0.05, 0) is 48.4 Å². The van der Waals surface area contributed by atoms with E-state index in [4.69, 9.17) is 22.3 Å². The van der Waals surface area contributed by atoms with E-state index < -0.39 is 17.5 Å². The van der Waals surface area contributed by atoms with Crippen molar-refractivity contribution in [2.24, 2.45) is 11.5 Å². The molecule has 2 aromatic carbocycles. The number of carbonyl (C=O) groups excluding carboxylic acids is 1. The Labute approximate surface area is 202 Å². The lowest BCUT2D eigenvalue weighted by Gasteiger charge is -2.36. The summed E-state index contributed by atoms with van der Waals surface area (Å²) in [7, 11) is 0. The number of nitrogens with zero attached hydrogens (tertiary/aromatic N) is 3. The van der Waals surface area contributed by atoms with Gasteiger partial charge < -0.3 is 31.5 Å². The van der Waals surface area contributed by atoms with Crippen LogP contribution < -0.4 is 21.7 Å². The van der Waals surface area contributed by atoms with Crippen LogP contribution in [0.3, 0.4) is 0 Å². The van der Waals surface area contributed by atoms with Crippen molar-refractivity contribution < 1.29 is 13.6 Å². The van der Waals surface area contributed by atoms with E-state index in [9.17, 15) is 13.6 Å². The Morgan fingerprint density at radius 1 is 0.886 bits per heavy atom. The van der Waals surface area contributed by atoms with Gasteiger partial charge in [-0.15, -0.1) is 0 Å². The van der Waals surface area contributed by atoms with Crippen LogP contribution >= 0.6 is 0 Å². The molecule has 0 radical (unpaired) electrons. The van der Waals surface area contributed by atoms with Gasteiger partial charge in [0.05, 0.1) is 5.69 Å². The number of anilines is 2. The Hall–Kier alpha value is -4.15. The second-order valence-corrected chi connectivity index (χ2v) is 8.48. The summed E-state index contributed by atoms with van der Waals surface area (Å²) in [5.74, 6) is -1.57. The van der Waals surface area contributed by atoms with Crippen molar-refractivity contribution in [2.75, 3.05) is 49.5 Å². The molecule has 0 spiro atoms. The summed E-state index contributed by atoms with van der Waals surface area (Å²) in [5.41, 5.74) is 13.0. The third kappa shape index (κ3) is 5.34. The van der Waals surface area contributed by atoms with Crippen LogP contribution in [0.4, 0.5) is 20.2 Å². The van der Waals surface area contributed by atoms with Gasteiger partial charge in [0.1, 0.15) is 11.6 Å². The molecule has 0 atom stereocenters. The highest BCUT2D eigenvalue weighted by Gasteiger charge is 2.21. The first kappa shape index (κ1) is 24.0. The second kappa shape index (κ2) is 10.00. The van der Waals surface area contributed by atoms with E-state index in [0.29, 0.717) is 56.9 Å². The van der Waals surface area contributed by atoms with Gasteiger partial charge in [0.25, 0.3) is 5.91 Å². The molecule has 2 heterocycles. The summed E-state index contributed by atoms with van der Waals surface area (Å²) >= 11 is 0. The SMILES string of the molecule is N=C(N)N1CC=C(c2ccc(NC(=O)c3ccc(N4CCN(C(=N)N)CC4)c(F)c3)cc2F)CC1. The molecule has 1 saturated heterocycles. The number of amides is 1. The number of hydrogen-bond acceptors (Lipinski definition) is 4. The van der Waals surface area contributed by atoms with Crippen LogP contribution in [0.5, 0.6) is 0 Å². The predicted octanol–water partition coefficient (Wildman–Crippen LogP) is 2.22. The van der Waals surface area contributed by atoms with Crippen molar-refractivity contribution in [3.8, 4) is 0 Å². The van der Waals surface area contributed by atoms with E-state index in [-0.39, 0.29) is 23.2 Å². The molecule has 2 aliphatic rings. The van der Waals surface area contributed by atoms with Gasteiger partial charge in [0, 0.05) is 56.1 Å². The number of hydrogen-bond donors (Lipinski definition) is 5.